The van der Waals surface area contributed by atoms with Crippen molar-refractivity contribution in [3.8, 4) is 11.1 Å². The lowest BCUT2D eigenvalue weighted by Gasteiger charge is -2.37. The molecule has 1 aliphatic carbocycles. The lowest BCUT2D eigenvalue weighted by atomic mass is 9.92. The standard InChI is InChI=1S/C27H32N4OS/c1-18-6-5-13-31(16-18)27(32)21-11-14-30(15-12-21)25-23-22(19-7-3-2-4-8-19)17-33-26(23)29-24(28-25)20-9-10-20/h2-4,7-8,17-18,20-21H,5-6,9-16H2,1H3. The van der Waals surface area contributed by atoms with E-state index in [1.54, 1.807) is 11.3 Å². The molecule has 2 aliphatic heterocycles. The highest BCUT2D eigenvalue weighted by Gasteiger charge is 2.33. The van der Waals surface area contributed by atoms with E-state index < -0.39 is 0 Å². The third-order valence-corrected chi connectivity index (χ3v) is 8.44. The Bertz CT molecular complexity index is 1150. The van der Waals surface area contributed by atoms with Crippen molar-refractivity contribution < 1.29 is 4.79 Å². The Labute approximate surface area is 199 Å². The van der Waals surface area contributed by atoms with E-state index in [4.69, 9.17) is 9.97 Å². The molecular formula is C27H32N4OS. The first-order valence-corrected chi connectivity index (χ1v) is 13.4. The van der Waals surface area contributed by atoms with Crippen molar-refractivity contribution in [2.24, 2.45) is 11.8 Å². The number of nitrogens with zero attached hydrogens (tertiary/aromatic N) is 4. The summed E-state index contributed by atoms with van der Waals surface area (Å²) in [6, 6.07) is 10.6. The Kier molecular flexibility index (Phi) is 5.57. The molecule has 1 unspecified atom stereocenters. The number of carbonyl (C=O) groups is 1. The third-order valence-electron chi connectivity index (χ3n) is 7.57. The largest absolute Gasteiger partial charge is 0.356 e. The fourth-order valence-corrected chi connectivity index (χ4v) is 6.46. The van der Waals surface area contributed by atoms with Crippen LogP contribution in [0.25, 0.3) is 21.3 Å². The molecule has 33 heavy (non-hydrogen) atoms. The minimum absolute atomic E-state index is 0.155. The molecule has 6 heteroatoms. The third kappa shape index (κ3) is 4.14. The molecule has 0 spiro atoms. The zero-order chi connectivity index (χ0) is 22.4. The Hall–Kier alpha value is -2.47. The van der Waals surface area contributed by atoms with Crippen LogP contribution in [0.3, 0.4) is 0 Å². The highest BCUT2D eigenvalue weighted by atomic mass is 32.1. The number of amides is 1. The molecule has 2 saturated heterocycles. The molecule has 4 heterocycles. The summed E-state index contributed by atoms with van der Waals surface area (Å²) >= 11 is 1.73. The minimum atomic E-state index is 0.155. The predicted octanol–water partition coefficient (Wildman–Crippen LogP) is 5.71. The van der Waals surface area contributed by atoms with E-state index in [0.29, 0.717) is 17.7 Å². The molecule has 0 radical (unpaired) electrons. The predicted molar refractivity (Wildman–Crippen MR) is 135 cm³/mol. The van der Waals surface area contributed by atoms with Crippen LogP contribution in [0.15, 0.2) is 35.7 Å². The van der Waals surface area contributed by atoms with Crippen molar-refractivity contribution >= 4 is 33.3 Å². The van der Waals surface area contributed by atoms with Gasteiger partial charge in [0, 0.05) is 49.0 Å². The van der Waals surface area contributed by atoms with Gasteiger partial charge in [-0.05, 0) is 50.0 Å². The SMILES string of the molecule is CC1CCCN(C(=O)C2CCN(c3nc(C4CC4)nc4scc(-c5ccccc5)c34)CC2)C1. The molecule has 6 rings (SSSR count). The van der Waals surface area contributed by atoms with Gasteiger partial charge in [-0.1, -0.05) is 37.3 Å². The number of anilines is 1. The Morgan fingerprint density at radius 1 is 1.00 bits per heavy atom. The van der Waals surface area contributed by atoms with Gasteiger partial charge in [0.25, 0.3) is 0 Å². The summed E-state index contributed by atoms with van der Waals surface area (Å²) in [4.78, 5) is 29.0. The van der Waals surface area contributed by atoms with E-state index in [-0.39, 0.29) is 5.92 Å². The number of hydrogen-bond acceptors (Lipinski definition) is 5. The van der Waals surface area contributed by atoms with E-state index in [1.807, 2.05) is 0 Å². The number of likely N-dealkylation sites (tertiary alicyclic amines) is 1. The molecule has 3 aliphatic rings. The number of piperidine rings is 2. The van der Waals surface area contributed by atoms with Crippen molar-refractivity contribution in [3.63, 3.8) is 0 Å². The van der Waals surface area contributed by atoms with Gasteiger partial charge in [0.1, 0.15) is 16.5 Å². The normalized spacial score (nSPS) is 22.2. The average molecular weight is 461 g/mol. The van der Waals surface area contributed by atoms with Crippen LogP contribution in [-0.2, 0) is 4.79 Å². The smallest absolute Gasteiger partial charge is 0.225 e. The van der Waals surface area contributed by atoms with Gasteiger partial charge in [0.15, 0.2) is 0 Å². The second kappa shape index (κ2) is 8.71. The van der Waals surface area contributed by atoms with Crippen LogP contribution < -0.4 is 4.90 Å². The molecule has 1 aromatic carbocycles. The van der Waals surface area contributed by atoms with Crippen LogP contribution in [0.4, 0.5) is 5.82 Å². The second-order valence-electron chi connectivity index (χ2n) is 10.2. The number of carbonyl (C=O) groups excluding carboxylic acids is 1. The quantitative estimate of drug-likeness (QED) is 0.500. The molecule has 1 saturated carbocycles. The van der Waals surface area contributed by atoms with E-state index in [9.17, 15) is 4.79 Å². The van der Waals surface area contributed by atoms with Crippen molar-refractivity contribution in [1.82, 2.24) is 14.9 Å². The van der Waals surface area contributed by atoms with Gasteiger partial charge in [-0.25, -0.2) is 9.97 Å². The number of fused-ring (bicyclic) bond motifs is 1. The number of benzene rings is 1. The summed E-state index contributed by atoms with van der Waals surface area (Å²) < 4.78 is 0. The van der Waals surface area contributed by atoms with Crippen molar-refractivity contribution in [1.29, 1.82) is 0 Å². The maximum absolute atomic E-state index is 13.2. The van der Waals surface area contributed by atoms with Crippen LogP contribution >= 0.6 is 11.3 Å². The number of aromatic nitrogens is 2. The van der Waals surface area contributed by atoms with Gasteiger partial charge in [0.2, 0.25) is 5.91 Å². The molecule has 1 atom stereocenters. The zero-order valence-corrected chi connectivity index (χ0v) is 20.2. The fraction of sp³-hybridized carbons (Fsp3) is 0.519. The first-order chi connectivity index (χ1) is 16.2. The fourth-order valence-electron chi connectivity index (χ4n) is 5.51. The lowest BCUT2D eigenvalue weighted by molar-refractivity contribution is -0.137. The van der Waals surface area contributed by atoms with Crippen molar-refractivity contribution in [2.45, 2.75) is 51.4 Å². The van der Waals surface area contributed by atoms with Gasteiger partial charge in [-0.3, -0.25) is 4.79 Å². The monoisotopic (exact) mass is 460 g/mol. The summed E-state index contributed by atoms with van der Waals surface area (Å²) in [5.74, 6) is 3.79. The molecule has 3 fully saturated rings. The van der Waals surface area contributed by atoms with E-state index in [2.05, 4.69) is 52.4 Å². The number of thiophene rings is 1. The molecular weight excluding hydrogens is 428 g/mol. The first-order valence-electron chi connectivity index (χ1n) is 12.6. The summed E-state index contributed by atoms with van der Waals surface area (Å²) in [5, 5.41) is 3.42. The van der Waals surface area contributed by atoms with Crippen LogP contribution in [-0.4, -0.2) is 47.0 Å². The Balaban J connectivity index is 1.28. The average Bonchev–Trinajstić information content (AvgIpc) is 3.63. The lowest BCUT2D eigenvalue weighted by Crippen LogP contribution is -2.46. The summed E-state index contributed by atoms with van der Waals surface area (Å²) in [5.41, 5.74) is 2.45. The summed E-state index contributed by atoms with van der Waals surface area (Å²) in [6.07, 6.45) is 6.63. The van der Waals surface area contributed by atoms with Crippen LogP contribution in [0.5, 0.6) is 0 Å². The topological polar surface area (TPSA) is 49.3 Å². The van der Waals surface area contributed by atoms with E-state index in [1.165, 1.54) is 35.8 Å². The summed E-state index contributed by atoms with van der Waals surface area (Å²) in [7, 11) is 0. The maximum Gasteiger partial charge on any atom is 0.225 e. The minimum Gasteiger partial charge on any atom is -0.356 e. The highest BCUT2D eigenvalue weighted by Crippen LogP contribution is 2.44. The number of rotatable bonds is 4. The van der Waals surface area contributed by atoms with Gasteiger partial charge in [-0.2, -0.15) is 0 Å². The highest BCUT2D eigenvalue weighted by molar-refractivity contribution is 7.17. The van der Waals surface area contributed by atoms with Crippen molar-refractivity contribution in [3.05, 3.63) is 41.5 Å². The zero-order valence-electron chi connectivity index (χ0n) is 19.4. The maximum atomic E-state index is 13.2. The van der Waals surface area contributed by atoms with Crippen molar-refractivity contribution in [2.75, 3.05) is 31.1 Å². The Morgan fingerprint density at radius 2 is 1.79 bits per heavy atom. The molecule has 0 N–H and O–H groups in total. The first kappa shape index (κ1) is 21.1. The van der Waals surface area contributed by atoms with Crippen LogP contribution in [0, 0.1) is 11.8 Å². The van der Waals surface area contributed by atoms with Gasteiger partial charge < -0.3 is 9.80 Å². The van der Waals surface area contributed by atoms with E-state index >= 15 is 0 Å². The van der Waals surface area contributed by atoms with Gasteiger partial charge in [-0.15, -0.1) is 11.3 Å². The van der Waals surface area contributed by atoms with Crippen LogP contribution in [0.2, 0.25) is 0 Å². The molecule has 5 nitrogen and oxygen atoms in total. The second-order valence-corrected chi connectivity index (χ2v) is 11.0. The molecule has 3 aromatic rings. The van der Waals surface area contributed by atoms with Gasteiger partial charge in [0.05, 0.1) is 5.39 Å². The molecule has 2 aromatic heterocycles. The molecule has 1 amide bonds. The summed E-state index contributed by atoms with van der Waals surface area (Å²) in [6.45, 7) is 5.92. The molecule has 172 valence electrons. The number of hydrogen-bond donors (Lipinski definition) is 0. The van der Waals surface area contributed by atoms with Gasteiger partial charge >= 0.3 is 0 Å². The van der Waals surface area contributed by atoms with E-state index in [0.717, 1.165) is 61.9 Å². The van der Waals surface area contributed by atoms with Crippen LogP contribution in [0.1, 0.15) is 57.2 Å². The Morgan fingerprint density at radius 3 is 2.52 bits per heavy atom. The molecule has 0 bridgehead atoms.